The fourth-order valence-electron chi connectivity index (χ4n) is 1.34. The second kappa shape index (κ2) is 4.69. The first-order valence-corrected chi connectivity index (χ1v) is 16.4. The van der Waals surface area contributed by atoms with E-state index in [0.29, 0.717) is 0 Å². The van der Waals surface area contributed by atoms with Crippen LogP contribution in [-0.2, 0) is 16.5 Å². The van der Waals surface area contributed by atoms with Crippen LogP contribution in [0.5, 0.6) is 0 Å². The molecule has 0 aromatic rings. The van der Waals surface area contributed by atoms with Crippen LogP contribution in [0.15, 0.2) is 0 Å². The third-order valence-corrected chi connectivity index (χ3v) is 17.7. The van der Waals surface area contributed by atoms with E-state index in [9.17, 15) is 0 Å². The predicted octanol–water partition coefficient (Wildman–Crippen LogP) is 2.34. The summed E-state index contributed by atoms with van der Waals surface area (Å²) in [5, 5.41) is 0. The van der Waals surface area contributed by atoms with Gasteiger partial charge in [0.1, 0.15) is 0 Å². The number of hydrogen-bond acceptors (Lipinski definition) is 4. The summed E-state index contributed by atoms with van der Waals surface area (Å²) < 4.78 is 22.2. The third kappa shape index (κ3) is 5.17. The molecule has 0 aromatic carbocycles. The summed E-state index contributed by atoms with van der Waals surface area (Å²) >= 11 is 18.0. The minimum Gasteiger partial charge on any atom is -0.418 e. The van der Waals surface area contributed by atoms with Crippen molar-refractivity contribution in [1.29, 1.82) is 0 Å². The molecule has 90 valence electrons. The Morgan fingerprint density at radius 2 is 1.47 bits per heavy atom. The largest absolute Gasteiger partial charge is 0.534 e. The van der Waals surface area contributed by atoms with E-state index in [1.54, 1.807) is 6.55 Å². The average Bonchev–Trinajstić information content (AvgIpc) is 1.71. The Labute approximate surface area is 108 Å². The molecule has 15 heavy (non-hydrogen) atoms. The molecule has 11 heteroatoms. The molecule has 1 heterocycles. The molecule has 0 bridgehead atoms. The zero-order chi connectivity index (χ0) is 11.9. The second-order valence-corrected chi connectivity index (χ2v) is 19.4. The fraction of sp³-hybridized carbons (Fsp3) is 1.00. The van der Waals surface area contributed by atoms with Crippen LogP contribution in [-0.4, -0.2) is 32.9 Å². The molecule has 0 aliphatic carbocycles. The predicted molar refractivity (Wildman–Crippen MR) is 69.8 cm³/mol. The molecule has 1 fully saturated rings. The minimum absolute atomic E-state index is 1.67. The van der Waals surface area contributed by atoms with Crippen molar-refractivity contribution in [1.82, 2.24) is 0 Å². The number of hydrogen-bond donors (Lipinski definition) is 0. The zero-order valence-electron chi connectivity index (χ0n) is 8.84. The molecule has 0 aromatic heterocycles. The van der Waals surface area contributed by atoms with Gasteiger partial charge in [0.05, 0.1) is 0 Å². The third-order valence-electron chi connectivity index (χ3n) is 1.48. The quantitative estimate of drug-likeness (QED) is 0.500. The van der Waals surface area contributed by atoms with Crippen molar-refractivity contribution < 1.29 is 16.5 Å². The smallest absolute Gasteiger partial charge is 0.418 e. The summed E-state index contributed by atoms with van der Waals surface area (Å²) in [6.07, 6.45) is 0. The van der Waals surface area contributed by atoms with Gasteiger partial charge < -0.3 is 16.5 Å². The van der Waals surface area contributed by atoms with Crippen LogP contribution in [0.25, 0.3) is 0 Å². The maximum Gasteiger partial charge on any atom is 0.534 e. The van der Waals surface area contributed by atoms with Gasteiger partial charge in [-0.15, -0.1) is 11.1 Å². The Balaban J connectivity index is 2.85. The average molecular weight is 344 g/mol. The van der Waals surface area contributed by atoms with Gasteiger partial charge >= 0.3 is 32.9 Å². The summed E-state index contributed by atoms with van der Waals surface area (Å²) in [5.74, 6) is 0. The summed E-state index contributed by atoms with van der Waals surface area (Å²) in [6.45, 7) is 7.30. The highest BCUT2D eigenvalue weighted by Gasteiger charge is 2.52. The first-order chi connectivity index (χ1) is 6.52. The molecule has 0 N–H and O–H groups in total. The van der Waals surface area contributed by atoms with Gasteiger partial charge in [-0.1, -0.05) is 22.2 Å². The molecule has 0 saturated carbocycles. The minimum atomic E-state index is -3.23. The van der Waals surface area contributed by atoms with Gasteiger partial charge in [-0.2, -0.15) is 0 Å². The molecule has 0 amide bonds. The van der Waals surface area contributed by atoms with E-state index in [1.165, 1.54) is 0 Å². The van der Waals surface area contributed by atoms with E-state index >= 15 is 0 Å². The van der Waals surface area contributed by atoms with Crippen LogP contribution in [0.4, 0.5) is 0 Å². The first-order valence-electron chi connectivity index (χ1n) is 4.34. The van der Waals surface area contributed by atoms with Crippen LogP contribution in [0.2, 0.25) is 26.2 Å². The first kappa shape index (κ1) is 14.6. The van der Waals surface area contributed by atoms with Crippen molar-refractivity contribution >= 4 is 66.1 Å². The maximum absolute atomic E-state index is 6.12. The van der Waals surface area contributed by atoms with E-state index in [4.69, 9.17) is 49.7 Å². The van der Waals surface area contributed by atoms with Gasteiger partial charge in [-0.3, -0.25) is 0 Å². The number of halogens is 3. The molecule has 2 unspecified atom stereocenters. The molecular formula is C4H13Cl3O4Si4. The Bertz CT molecular complexity index is 228. The molecule has 1 rings (SSSR count). The van der Waals surface area contributed by atoms with E-state index in [-0.39, 0.29) is 0 Å². The van der Waals surface area contributed by atoms with Crippen molar-refractivity contribution in [2.75, 3.05) is 0 Å². The molecule has 0 radical (unpaired) electrons. The Morgan fingerprint density at radius 1 is 0.933 bits per heavy atom. The van der Waals surface area contributed by atoms with E-state index in [0.717, 1.165) is 0 Å². The topological polar surface area (TPSA) is 36.9 Å². The summed E-state index contributed by atoms with van der Waals surface area (Å²) in [7, 11) is -10.3. The van der Waals surface area contributed by atoms with Gasteiger partial charge in [0.15, 0.2) is 0 Å². The second-order valence-electron chi connectivity index (χ2n) is 3.71. The monoisotopic (exact) mass is 342 g/mol. The maximum atomic E-state index is 6.12. The van der Waals surface area contributed by atoms with Crippen LogP contribution < -0.4 is 0 Å². The summed E-state index contributed by atoms with van der Waals surface area (Å²) in [4.78, 5) is 0. The summed E-state index contributed by atoms with van der Waals surface area (Å²) in [6, 6.07) is 0. The van der Waals surface area contributed by atoms with Crippen LogP contribution in [0, 0.1) is 0 Å². The standard InChI is InChI=1S/C4H13Cl3O4Si4/c1-12-8-13(2,3)10-14(4,5)11-15(6,7)9-12/h12H,1-4H3. The lowest BCUT2D eigenvalue weighted by Gasteiger charge is -2.38. The Kier molecular flexibility index (Phi) is 4.57. The lowest BCUT2D eigenvalue weighted by atomic mass is 11.9. The van der Waals surface area contributed by atoms with E-state index in [1.807, 2.05) is 19.6 Å². The van der Waals surface area contributed by atoms with E-state index in [2.05, 4.69) is 0 Å². The van der Waals surface area contributed by atoms with Gasteiger partial charge in [0.25, 0.3) is 0 Å². The fourth-order valence-corrected chi connectivity index (χ4v) is 22.0. The van der Waals surface area contributed by atoms with Gasteiger partial charge in [-0.25, -0.2) is 0 Å². The highest BCUT2D eigenvalue weighted by Crippen LogP contribution is 2.32. The molecule has 1 aliphatic heterocycles. The van der Waals surface area contributed by atoms with Crippen molar-refractivity contribution in [2.24, 2.45) is 0 Å². The van der Waals surface area contributed by atoms with Crippen molar-refractivity contribution in [3.05, 3.63) is 0 Å². The Morgan fingerprint density at radius 3 is 2.00 bits per heavy atom. The molecule has 0 spiro atoms. The highest BCUT2D eigenvalue weighted by atomic mass is 35.7. The molecule has 4 nitrogen and oxygen atoms in total. The van der Waals surface area contributed by atoms with Crippen molar-refractivity contribution in [3.63, 3.8) is 0 Å². The lowest BCUT2D eigenvalue weighted by molar-refractivity contribution is 0.275. The normalized spacial score (nSPS) is 40.6. The van der Waals surface area contributed by atoms with Crippen molar-refractivity contribution in [3.8, 4) is 0 Å². The highest BCUT2D eigenvalue weighted by molar-refractivity contribution is 7.43. The molecule has 1 aliphatic rings. The SMILES string of the molecule is C[SiH]1O[Si](C)(C)O[Si](C)(Cl)O[Si](Cl)(Cl)O1. The zero-order valence-corrected chi connectivity index (χ0v) is 15.3. The van der Waals surface area contributed by atoms with Crippen LogP contribution >= 0.6 is 33.2 Å². The van der Waals surface area contributed by atoms with Gasteiger partial charge in [-0.05, 0) is 26.2 Å². The van der Waals surface area contributed by atoms with Gasteiger partial charge in [0, 0.05) is 0 Å². The number of rotatable bonds is 0. The Hall–Kier alpha value is 1.58. The van der Waals surface area contributed by atoms with Crippen LogP contribution in [0.1, 0.15) is 0 Å². The van der Waals surface area contributed by atoms with Crippen LogP contribution in [0.3, 0.4) is 0 Å². The molecular weight excluding hydrogens is 331 g/mol. The van der Waals surface area contributed by atoms with E-state index < -0.39 is 32.9 Å². The molecule has 1 saturated heterocycles. The summed E-state index contributed by atoms with van der Waals surface area (Å²) in [5.41, 5.74) is 0. The van der Waals surface area contributed by atoms with Gasteiger partial charge in [0.2, 0.25) is 0 Å². The molecule has 2 atom stereocenters. The van der Waals surface area contributed by atoms with Crippen molar-refractivity contribution in [2.45, 2.75) is 26.2 Å². The lowest BCUT2D eigenvalue weighted by Crippen LogP contribution is -2.58.